The first-order valence-electron chi connectivity index (χ1n) is 11.0. The Balaban J connectivity index is 1.57. The van der Waals surface area contributed by atoms with Crippen LogP contribution in [0.2, 0.25) is 0 Å². The van der Waals surface area contributed by atoms with Crippen molar-refractivity contribution in [2.24, 2.45) is 11.3 Å². The second-order valence-electron chi connectivity index (χ2n) is 10.1. The van der Waals surface area contributed by atoms with Gasteiger partial charge in [0.1, 0.15) is 0 Å². The fourth-order valence-corrected chi connectivity index (χ4v) is 5.18. The fraction of sp³-hybridized carbons (Fsp3) is 0.640. The Kier molecular flexibility index (Phi) is 5.66. The maximum Gasteiger partial charge on any atom is 0.230 e. The lowest BCUT2D eigenvalue weighted by molar-refractivity contribution is -0.123. The monoisotopic (exact) mass is 411 g/mol. The molecule has 3 nitrogen and oxygen atoms in total. The van der Waals surface area contributed by atoms with E-state index in [1.165, 1.54) is 5.57 Å². The van der Waals surface area contributed by atoms with Crippen molar-refractivity contribution in [3.8, 4) is 11.8 Å². The summed E-state index contributed by atoms with van der Waals surface area (Å²) in [5, 5.41) is 2.13. The number of amides is 1. The highest BCUT2D eigenvalue weighted by Gasteiger charge is 2.48. The maximum absolute atomic E-state index is 13.6. The van der Waals surface area contributed by atoms with Crippen LogP contribution in [-0.4, -0.2) is 24.2 Å². The molecule has 0 bridgehead atoms. The fourth-order valence-electron chi connectivity index (χ4n) is 4.45. The van der Waals surface area contributed by atoms with Crippen LogP contribution in [0.1, 0.15) is 77.5 Å². The maximum atomic E-state index is 13.6. The largest absolute Gasteiger partial charge is 0.370 e. The minimum Gasteiger partial charge on any atom is -0.370 e. The smallest absolute Gasteiger partial charge is 0.230 e. The number of hydrogen-bond donors (Lipinski definition) is 0. The van der Waals surface area contributed by atoms with E-state index in [0.717, 1.165) is 62.1 Å². The van der Waals surface area contributed by atoms with Gasteiger partial charge in [0.05, 0.1) is 22.8 Å². The summed E-state index contributed by atoms with van der Waals surface area (Å²) in [6, 6.07) is 2.41. The number of thiophene rings is 1. The van der Waals surface area contributed by atoms with E-state index in [0.29, 0.717) is 5.91 Å². The lowest BCUT2D eigenvalue weighted by Gasteiger charge is -2.38. The van der Waals surface area contributed by atoms with Crippen molar-refractivity contribution in [2.45, 2.75) is 84.3 Å². The molecular weight excluding hydrogens is 378 g/mol. The zero-order valence-electron chi connectivity index (χ0n) is 18.2. The molecule has 2 aliphatic carbocycles. The van der Waals surface area contributed by atoms with Crippen molar-refractivity contribution < 1.29 is 9.53 Å². The predicted molar refractivity (Wildman–Crippen MR) is 120 cm³/mol. The van der Waals surface area contributed by atoms with Crippen LogP contribution in [0.25, 0.3) is 0 Å². The molecule has 1 saturated carbocycles. The standard InChI is InChI=1S/C25H33NO2S/c1-18-5-7-19(8-6-18)23(27)26(20-9-13-25(14-10-20)17-28-25)21-15-22(29-16-21)11-12-24(2,3)4/h5,15-16,19-20H,6-10,13-14,17H2,1-4H3/t19-,20?,25?/m0/s1. The Hall–Kier alpha value is -1.57. The number of hydrogen-bond acceptors (Lipinski definition) is 3. The lowest BCUT2D eigenvalue weighted by Crippen LogP contribution is -2.46. The van der Waals surface area contributed by atoms with Gasteiger partial charge in [0, 0.05) is 22.8 Å². The van der Waals surface area contributed by atoms with Gasteiger partial charge in [-0.05, 0) is 78.7 Å². The molecule has 1 amide bonds. The van der Waals surface area contributed by atoms with Gasteiger partial charge in [-0.3, -0.25) is 4.79 Å². The molecule has 1 atom stereocenters. The number of epoxide rings is 1. The summed E-state index contributed by atoms with van der Waals surface area (Å²) in [7, 11) is 0. The minimum absolute atomic E-state index is 0.0199. The first-order valence-corrected chi connectivity index (χ1v) is 11.9. The molecule has 0 unspecified atom stereocenters. The minimum atomic E-state index is -0.0199. The summed E-state index contributed by atoms with van der Waals surface area (Å²) in [6.07, 6.45) is 9.36. The Morgan fingerprint density at radius 2 is 2.00 bits per heavy atom. The van der Waals surface area contributed by atoms with Crippen LogP contribution >= 0.6 is 11.3 Å². The van der Waals surface area contributed by atoms with E-state index in [9.17, 15) is 4.79 Å². The molecule has 156 valence electrons. The van der Waals surface area contributed by atoms with Crippen LogP contribution in [-0.2, 0) is 9.53 Å². The number of carbonyl (C=O) groups is 1. The first-order chi connectivity index (χ1) is 13.7. The van der Waals surface area contributed by atoms with E-state index in [-0.39, 0.29) is 23.0 Å². The van der Waals surface area contributed by atoms with Gasteiger partial charge in [-0.15, -0.1) is 11.3 Å². The van der Waals surface area contributed by atoms with Crippen LogP contribution in [0.5, 0.6) is 0 Å². The second-order valence-corrected chi connectivity index (χ2v) is 11.0. The van der Waals surface area contributed by atoms with Crippen molar-refractivity contribution >= 4 is 22.9 Å². The van der Waals surface area contributed by atoms with Gasteiger partial charge < -0.3 is 9.64 Å². The topological polar surface area (TPSA) is 32.8 Å². The normalized spacial score (nSPS) is 29.0. The van der Waals surface area contributed by atoms with E-state index in [2.05, 4.69) is 62.0 Å². The summed E-state index contributed by atoms with van der Waals surface area (Å²) in [6.45, 7) is 9.46. The van der Waals surface area contributed by atoms with Gasteiger partial charge in [0.25, 0.3) is 0 Å². The predicted octanol–water partition coefficient (Wildman–Crippen LogP) is 5.94. The molecule has 1 aromatic heterocycles. The van der Waals surface area contributed by atoms with Crippen molar-refractivity contribution in [3.05, 3.63) is 28.0 Å². The Morgan fingerprint density at radius 3 is 2.59 bits per heavy atom. The third-order valence-electron chi connectivity index (χ3n) is 6.43. The number of ether oxygens (including phenoxy) is 1. The molecule has 1 aliphatic heterocycles. The summed E-state index contributed by atoms with van der Waals surface area (Å²) < 4.78 is 5.70. The Morgan fingerprint density at radius 1 is 1.28 bits per heavy atom. The molecule has 1 saturated heterocycles. The molecule has 1 spiro atoms. The van der Waals surface area contributed by atoms with E-state index in [4.69, 9.17) is 4.74 Å². The summed E-state index contributed by atoms with van der Waals surface area (Å²) >= 11 is 1.66. The molecular formula is C25H33NO2S. The average Bonchev–Trinajstić information content (AvgIpc) is 3.27. The molecule has 3 aliphatic rings. The molecule has 4 heteroatoms. The average molecular weight is 412 g/mol. The second kappa shape index (κ2) is 7.93. The van der Waals surface area contributed by atoms with Crippen molar-refractivity contribution in [2.75, 3.05) is 11.5 Å². The summed E-state index contributed by atoms with van der Waals surface area (Å²) in [5.41, 5.74) is 2.59. The van der Waals surface area contributed by atoms with Crippen LogP contribution in [0.15, 0.2) is 23.1 Å². The van der Waals surface area contributed by atoms with Crippen molar-refractivity contribution in [3.63, 3.8) is 0 Å². The van der Waals surface area contributed by atoms with E-state index < -0.39 is 0 Å². The van der Waals surface area contributed by atoms with Crippen LogP contribution in [0, 0.1) is 23.2 Å². The summed E-state index contributed by atoms with van der Waals surface area (Å²) in [4.78, 5) is 16.8. The molecule has 29 heavy (non-hydrogen) atoms. The zero-order chi connectivity index (χ0) is 20.6. The van der Waals surface area contributed by atoms with Gasteiger partial charge in [0.2, 0.25) is 5.91 Å². The number of rotatable bonds is 3. The van der Waals surface area contributed by atoms with Gasteiger partial charge >= 0.3 is 0 Å². The molecule has 0 N–H and O–H groups in total. The Bertz CT molecular complexity index is 849. The molecule has 0 radical (unpaired) electrons. The van der Waals surface area contributed by atoms with E-state index in [1.807, 2.05) is 0 Å². The van der Waals surface area contributed by atoms with Gasteiger partial charge in [-0.25, -0.2) is 0 Å². The van der Waals surface area contributed by atoms with Gasteiger partial charge in [-0.1, -0.05) is 23.5 Å². The highest BCUT2D eigenvalue weighted by molar-refractivity contribution is 7.11. The number of allylic oxidation sites excluding steroid dienone is 2. The molecule has 4 rings (SSSR count). The molecule has 2 heterocycles. The van der Waals surface area contributed by atoms with Gasteiger partial charge in [-0.2, -0.15) is 0 Å². The summed E-state index contributed by atoms with van der Waals surface area (Å²) in [5.74, 6) is 7.04. The third-order valence-corrected chi connectivity index (χ3v) is 7.27. The number of carbonyl (C=O) groups excluding carboxylic acids is 1. The zero-order valence-corrected chi connectivity index (χ0v) is 19.0. The highest BCUT2D eigenvalue weighted by atomic mass is 32.1. The molecule has 0 aromatic carbocycles. The first kappa shape index (κ1) is 20.7. The Labute approximate surface area is 179 Å². The molecule has 2 fully saturated rings. The van der Waals surface area contributed by atoms with Crippen LogP contribution in [0.3, 0.4) is 0 Å². The third kappa shape index (κ3) is 4.95. The lowest BCUT2D eigenvalue weighted by atomic mass is 9.83. The molecule has 1 aromatic rings. The van der Waals surface area contributed by atoms with E-state index >= 15 is 0 Å². The highest BCUT2D eigenvalue weighted by Crippen LogP contribution is 2.44. The number of nitrogens with zero attached hydrogens (tertiary/aromatic N) is 1. The number of anilines is 1. The van der Waals surface area contributed by atoms with Crippen molar-refractivity contribution in [1.82, 2.24) is 0 Å². The van der Waals surface area contributed by atoms with Crippen LogP contribution < -0.4 is 4.90 Å². The SMILES string of the molecule is CC1=CC[C@H](C(=O)N(c2csc(C#CC(C)(C)C)c2)C2CCC3(CC2)CO3)CC1. The van der Waals surface area contributed by atoms with Crippen LogP contribution in [0.4, 0.5) is 5.69 Å². The quantitative estimate of drug-likeness (QED) is 0.350. The van der Waals surface area contributed by atoms with Gasteiger partial charge in [0.15, 0.2) is 0 Å². The van der Waals surface area contributed by atoms with Crippen molar-refractivity contribution in [1.29, 1.82) is 0 Å². The van der Waals surface area contributed by atoms with E-state index in [1.54, 1.807) is 11.3 Å².